The van der Waals surface area contributed by atoms with E-state index in [4.69, 9.17) is 11.6 Å². The molecule has 2 aliphatic heterocycles. The van der Waals surface area contributed by atoms with Crippen molar-refractivity contribution in [2.24, 2.45) is 5.92 Å². The summed E-state index contributed by atoms with van der Waals surface area (Å²) in [5.74, 6) is 1.62. The van der Waals surface area contributed by atoms with E-state index in [1.807, 2.05) is 4.90 Å². The predicted molar refractivity (Wildman–Crippen MR) is 89.3 cm³/mol. The molecular weight excluding hydrogens is 314 g/mol. The molecule has 1 aromatic heterocycles. The van der Waals surface area contributed by atoms with E-state index in [1.165, 1.54) is 25.9 Å². The number of hydrogen-bond acceptors (Lipinski definition) is 4. The van der Waals surface area contributed by atoms with Gasteiger partial charge in [0.25, 0.3) is 0 Å². The zero-order chi connectivity index (χ0) is 16.2. The smallest absolute Gasteiger partial charge is 0.242 e. The average Bonchev–Trinajstić information content (AvgIpc) is 3.24. The Labute approximate surface area is 142 Å². The van der Waals surface area contributed by atoms with Crippen molar-refractivity contribution >= 4 is 17.5 Å². The number of rotatable bonds is 5. The molecular formula is C16H26ClN5O. The summed E-state index contributed by atoms with van der Waals surface area (Å²) in [5.41, 5.74) is 0. The fourth-order valence-electron chi connectivity index (χ4n) is 3.85. The number of H-pyrrole nitrogens is 1. The van der Waals surface area contributed by atoms with Crippen LogP contribution in [0.15, 0.2) is 0 Å². The van der Waals surface area contributed by atoms with E-state index in [2.05, 4.69) is 27.0 Å². The number of aromatic amines is 1. The topological polar surface area (TPSA) is 65.1 Å². The number of nitrogens with one attached hydrogen (secondary N) is 1. The van der Waals surface area contributed by atoms with E-state index < -0.39 is 0 Å². The molecule has 3 heterocycles. The van der Waals surface area contributed by atoms with Crippen LogP contribution in [0.25, 0.3) is 0 Å². The Kier molecular flexibility index (Phi) is 5.54. The van der Waals surface area contributed by atoms with Crippen LogP contribution in [0.5, 0.6) is 0 Å². The van der Waals surface area contributed by atoms with E-state index in [1.54, 1.807) is 0 Å². The minimum atomic E-state index is 0.212. The normalized spacial score (nSPS) is 21.7. The lowest BCUT2D eigenvalue weighted by atomic mass is 9.89. The second-order valence-corrected chi connectivity index (χ2v) is 7.09. The Hall–Kier alpha value is -1.14. The lowest BCUT2D eigenvalue weighted by molar-refractivity contribution is -0.132. The van der Waals surface area contributed by atoms with Gasteiger partial charge < -0.3 is 9.80 Å². The van der Waals surface area contributed by atoms with Gasteiger partial charge in [-0.05, 0) is 63.2 Å². The van der Waals surface area contributed by atoms with Crippen molar-refractivity contribution in [1.82, 2.24) is 25.0 Å². The fourth-order valence-corrected chi connectivity index (χ4v) is 3.99. The third-order valence-electron chi connectivity index (χ3n) is 5.37. The quantitative estimate of drug-likeness (QED) is 0.892. The van der Waals surface area contributed by atoms with Gasteiger partial charge in [-0.3, -0.25) is 9.89 Å². The molecule has 1 amide bonds. The van der Waals surface area contributed by atoms with Gasteiger partial charge in [-0.2, -0.15) is 0 Å². The third-order valence-corrected chi connectivity index (χ3v) is 5.54. The van der Waals surface area contributed by atoms with Crippen LogP contribution >= 0.6 is 11.6 Å². The molecule has 2 aliphatic rings. The third kappa shape index (κ3) is 4.23. The highest BCUT2D eigenvalue weighted by molar-refractivity contribution is 6.28. The number of carbonyl (C=O) groups is 1. The molecule has 7 heteroatoms. The minimum Gasteiger partial charge on any atom is -0.343 e. The van der Waals surface area contributed by atoms with Gasteiger partial charge in [-0.25, -0.2) is 4.98 Å². The summed E-state index contributed by atoms with van der Waals surface area (Å²) in [6, 6.07) is 0.658. The molecule has 6 nitrogen and oxygen atoms in total. The highest BCUT2D eigenvalue weighted by Crippen LogP contribution is 2.26. The molecule has 0 radical (unpaired) electrons. The van der Waals surface area contributed by atoms with Crippen LogP contribution in [0.2, 0.25) is 5.28 Å². The van der Waals surface area contributed by atoms with Crippen molar-refractivity contribution in [2.75, 3.05) is 26.2 Å². The van der Waals surface area contributed by atoms with E-state index >= 15 is 0 Å². The average molecular weight is 340 g/mol. The second-order valence-electron chi connectivity index (χ2n) is 6.75. The van der Waals surface area contributed by atoms with Crippen LogP contribution in [-0.2, 0) is 11.2 Å². The predicted octanol–water partition coefficient (Wildman–Crippen LogP) is 2.11. The summed E-state index contributed by atoms with van der Waals surface area (Å²) in [7, 11) is 0. The molecule has 2 fully saturated rings. The maximum atomic E-state index is 12.3. The minimum absolute atomic E-state index is 0.212. The van der Waals surface area contributed by atoms with Gasteiger partial charge in [-0.15, -0.1) is 5.10 Å². The van der Waals surface area contributed by atoms with Crippen molar-refractivity contribution in [3.05, 3.63) is 11.1 Å². The molecule has 1 atom stereocenters. The molecule has 2 saturated heterocycles. The Bertz CT molecular complexity index is 520. The number of likely N-dealkylation sites (tertiary alicyclic amines) is 2. The first-order valence-electron chi connectivity index (χ1n) is 8.72. The Morgan fingerprint density at radius 3 is 2.61 bits per heavy atom. The number of piperidine rings is 1. The molecule has 0 aliphatic carbocycles. The molecule has 0 unspecified atom stereocenters. The van der Waals surface area contributed by atoms with E-state index in [9.17, 15) is 4.79 Å². The lowest BCUT2D eigenvalue weighted by Crippen LogP contribution is -2.45. The van der Waals surface area contributed by atoms with Gasteiger partial charge in [0, 0.05) is 32.0 Å². The lowest BCUT2D eigenvalue weighted by Gasteiger charge is -2.38. The number of aromatic nitrogens is 3. The molecule has 128 valence electrons. The molecule has 0 saturated carbocycles. The molecule has 0 aromatic carbocycles. The molecule has 1 N–H and O–H groups in total. The van der Waals surface area contributed by atoms with E-state index in [-0.39, 0.29) is 11.2 Å². The second kappa shape index (κ2) is 7.62. The van der Waals surface area contributed by atoms with Crippen LogP contribution in [0.1, 0.15) is 44.9 Å². The first-order valence-corrected chi connectivity index (χ1v) is 9.10. The molecule has 0 bridgehead atoms. The number of aryl methyl sites for hydroxylation is 1. The van der Waals surface area contributed by atoms with E-state index in [0.29, 0.717) is 24.7 Å². The molecule has 3 rings (SSSR count). The summed E-state index contributed by atoms with van der Waals surface area (Å²) in [5, 5.41) is 6.73. The van der Waals surface area contributed by atoms with Gasteiger partial charge in [0.2, 0.25) is 11.2 Å². The number of amides is 1. The summed E-state index contributed by atoms with van der Waals surface area (Å²) in [6.07, 6.45) is 5.97. The van der Waals surface area contributed by atoms with Gasteiger partial charge in [-0.1, -0.05) is 0 Å². The largest absolute Gasteiger partial charge is 0.343 e. The number of hydrogen-bond donors (Lipinski definition) is 1. The summed E-state index contributed by atoms with van der Waals surface area (Å²) >= 11 is 5.67. The number of carbonyl (C=O) groups excluding carboxylic acids is 1. The zero-order valence-electron chi connectivity index (χ0n) is 13.8. The maximum Gasteiger partial charge on any atom is 0.242 e. The van der Waals surface area contributed by atoms with Crippen molar-refractivity contribution in [3.8, 4) is 0 Å². The number of nitrogens with zero attached hydrogens (tertiary/aromatic N) is 4. The first kappa shape index (κ1) is 16.7. The first-order chi connectivity index (χ1) is 11.1. The van der Waals surface area contributed by atoms with Gasteiger partial charge >= 0.3 is 0 Å². The number of halogens is 1. The van der Waals surface area contributed by atoms with Crippen LogP contribution in [-0.4, -0.2) is 63.1 Å². The maximum absolute atomic E-state index is 12.3. The molecule has 1 aromatic rings. The zero-order valence-corrected chi connectivity index (χ0v) is 14.6. The van der Waals surface area contributed by atoms with Crippen molar-refractivity contribution in [3.63, 3.8) is 0 Å². The summed E-state index contributed by atoms with van der Waals surface area (Å²) in [4.78, 5) is 21.0. The van der Waals surface area contributed by atoms with Crippen molar-refractivity contribution in [1.29, 1.82) is 0 Å². The Balaban J connectivity index is 1.41. The van der Waals surface area contributed by atoms with E-state index in [0.717, 1.165) is 31.8 Å². The Morgan fingerprint density at radius 2 is 2.00 bits per heavy atom. The van der Waals surface area contributed by atoms with Crippen LogP contribution in [0.3, 0.4) is 0 Å². The van der Waals surface area contributed by atoms with Gasteiger partial charge in [0.1, 0.15) is 5.82 Å². The SMILES string of the molecule is C[C@@H](C1CCN(C(=O)CCc2nc(Cl)n[nH]2)CC1)N1CCCC1. The summed E-state index contributed by atoms with van der Waals surface area (Å²) in [6.45, 7) is 6.64. The molecule has 23 heavy (non-hydrogen) atoms. The highest BCUT2D eigenvalue weighted by Gasteiger charge is 2.30. The van der Waals surface area contributed by atoms with Crippen molar-refractivity contribution < 1.29 is 4.79 Å². The standard InChI is InChI=1S/C16H26ClN5O/c1-12(21-8-2-3-9-21)13-6-10-22(11-7-13)15(23)5-4-14-18-16(17)20-19-14/h12-13H,2-11H2,1H3,(H,18,19,20)/t12-/m0/s1. The Morgan fingerprint density at radius 1 is 1.30 bits per heavy atom. The van der Waals surface area contributed by atoms with Gasteiger partial charge in [0.05, 0.1) is 0 Å². The van der Waals surface area contributed by atoms with Crippen LogP contribution in [0, 0.1) is 5.92 Å². The molecule has 0 spiro atoms. The fraction of sp³-hybridized carbons (Fsp3) is 0.812. The van der Waals surface area contributed by atoms with Crippen molar-refractivity contribution in [2.45, 2.75) is 51.5 Å². The van der Waals surface area contributed by atoms with Crippen LogP contribution in [0.4, 0.5) is 0 Å². The highest BCUT2D eigenvalue weighted by atomic mass is 35.5. The van der Waals surface area contributed by atoms with Gasteiger partial charge in [0.15, 0.2) is 0 Å². The summed E-state index contributed by atoms with van der Waals surface area (Å²) < 4.78 is 0. The van der Waals surface area contributed by atoms with Crippen LogP contribution < -0.4 is 0 Å². The monoisotopic (exact) mass is 339 g/mol.